The van der Waals surface area contributed by atoms with Crippen molar-refractivity contribution in [2.45, 2.75) is 20.0 Å². The van der Waals surface area contributed by atoms with Crippen molar-refractivity contribution in [3.63, 3.8) is 0 Å². The van der Waals surface area contributed by atoms with Crippen LogP contribution in [0.25, 0.3) is 0 Å². The Morgan fingerprint density at radius 1 is 1.14 bits per heavy atom. The van der Waals surface area contributed by atoms with Crippen molar-refractivity contribution in [1.29, 1.82) is 0 Å². The molecule has 0 saturated carbocycles. The topological polar surface area (TPSA) is 79.2 Å². The summed E-state index contributed by atoms with van der Waals surface area (Å²) in [5.41, 5.74) is 3.43. The first kappa shape index (κ1) is 18.9. The number of fused-ring (bicyclic) bond motifs is 1. The molecule has 29 heavy (non-hydrogen) atoms. The van der Waals surface area contributed by atoms with Crippen molar-refractivity contribution >= 4 is 23.4 Å². The molecule has 0 radical (unpaired) electrons. The quantitative estimate of drug-likeness (QED) is 0.714. The Labute approximate surface area is 168 Å². The van der Waals surface area contributed by atoms with E-state index in [-0.39, 0.29) is 18.3 Å². The predicted octanol–water partition coefficient (Wildman–Crippen LogP) is 2.19. The molecule has 0 aliphatic carbocycles. The van der Waals surface area contributed by atoms with Crippen LogP contribution in [-0.2, 0) is 17.9 Å². The maximum atomic E-state index is 13.0. The van der Waals surface area contributed by atoms with Crippen molar-refractivity contribution in [3.05, 3.63) is 59.3 Å². The highest BCUT2D eigenvalue weighted by molar-refractivity contribution is 6.02. The number of aryl methyl sites for hydroxylation is 1. The second-order valence-electron chi connectivity index (χ2n) is 7.14. The van der Waals surface area contributed by atoms with Gasteiger partial charge >= 0.3 is 0 Å². The van der Waals surface area contributed by atoms with Crippen LogP contribution >= 0.6 is 0 Å². The van der Waals surface area contributed by atoms with Gasteiger partial charge in [0.15, 0.2) is 5.82 Å². The van der Waals surface area contributed by atoms with E-state index in [9.17, 15) is 9.18 Å². The third kappa shape index (κ3) is 3.89. The summed E-state index contributed by atoms with van der Waals surface area (Å²) < 4.78 is 14.8. The molecular formula is C20H22FN7O. The molecule has 0 atom stereocenters. The summed E-state index contributed by atoms with van der Waals surface area (Å²) in [4.78, 5) is 24.6. The number of benzene rings is 1. The van der Waals surface area contributed by atoms with E-state index in [0.29, 0.717) is 19.0 Å². The number of likely N-dealkylation sites (N-methyl/N-ethyl adjacent to an activating group) is 2. The van der Waals surface area contributed by atoms with Crippen LogP contribution in [0.1, 0.15) is 16.8 Å². The smallest absolute Gasteiger partial charge is 0.246 e. The lowest BCUT2D eigenvalue weighted by Crippen LogP contribution is -2.43. The molecule has 1 N–H and O–H groups in total. The molecule has 1 amide bonds. The van der Waals surface area contributed by atoms with Crippen LogP contribution in [0.3, 0.4) is 0 Å². The minimum atomic E-state index is -0.249. The number of nitrogens with one attached hydrogen (secondary N) is 1. The molecule has 8 nitrogen and oxygen atoms in total. The first-order valence-corrected chi connectivity index (χ1v) is 9.26. The number of hydrogen-bond donors (Lipinski definition) is 1. The normalized spacial score (nSPS) is 13.6. The third-order valence-corrected chi connectivity index (χ3v) is 4.88. The van der Waals surface area contributed by atoms with Crippen molar-refractivity contribution in [1.82, 2.24) is 19.7 Å². The molecule has 150 valence electrons. The lowest BCUT2D eigenvalue weighted by Gasteiger charge is -2.32. The van der Waals surface area contributed by atoms with Gasteiger partial charge in [0.2, 0.25) is 11.9 Å². The van der Waals surface area contributed by atoms with Crippen molar-refractivity contribution < 1.29 is 9.18 Å². The molecule has 0 unspecified atom stereocenters. The van der Waals surface area contributed by atoms with Crippen molar-refractivity contribution in [2.24, 2.45) is 0 Å². The Morgan fingerprint density at radius 3 is 2.66 bits per heavy atom. The number of carbonyl (C=O) groups is 1. The summed E-state index contributed by atoms with van der Waals surface area (Å²) >= 11 is 0. The third-order valence-electron chi connectivity index (χ3n) is 4.88. The molecule has 1 aliphatic rings. The molecule has 4 rings (SSSR count). The maximum absolute atomic E-state index is 13.0. The average molecular weight is 395 g/mol. The molecule has 0 fully saturated rings. The van der Waals surface area contributed by atoms with E-state index in [1.165, 1.54) is 12.1 Å². The van der Waals surface area contributed by atoms with E-state index in [2.05, 4.69) is 20.4 Å². The van der Waals surface area contributed by atoms with Gasteiger partial charge in [0.05, 0.1) is 25.0 Å². The Balaban J connectivity index is 1.45. The summed E-state index contributed by atoms with van der Waals surface area (Å²) in [5, 5.41) is 7.58. The van der Waals surface area contributed by atoms with Gasteiger partial charge in [-0.3, -0.25) is 9.48 Å². The number of rotatable bonds is 5. The lowest BCUT2D eigenvalue weighted by atomic mass is 10.2. The Morgan fingerprint density at radius 2 is 1.90 bits per heavy atom. The van der Waals surface area contributed by atoms with Gasteiger partial charge in [-0.1, -0.05) is 12.1 Å². The van der Waals surface area contributed by atoms with Crippen LogP contribution in [0.4, 0.5) is 21.8 Å². The first-order valence-electron chi connectivity index (χ1n) is 9.26. The van der Waals surface area contributed by atoms with Gasteiger partial charge < -0.3 is 15.1 Å². The zero-order valence-corrected chi connectivity index (χ0v) is 16.6. The molecule has 1 aliphatic heterocycles. The summed E-state index contributed by atoms with van der Waals surface area (Å²) in [6, 6.07) is 6.38. The number of hydrogen-bond acceptors (Lipinski definition) is 6. The summed E-state index contributed by atoms with van der Waals surface area (Å²) in [7, 11) is 3.59. The summed E-state index contributed by atoms with van der Waals surface area (Å²) in [5.74, 6) is 0.998. The molecule has 2 aromatic heterocycles. The fraction of sp³-hybridized carbons (Fsp3) is 0.300. The Kier molecular flexibility index (Phi) is 4.87. The fourth-order valence-corrected chi connectivity index (χ4v) is 3.34. The summed E-state index contributed by atoms with van der Waals surface area (Å²) in [6.07, 6.45) is 3.71. The van der Waals surface area contributed by atoms with Crippen LogP contribution in [0, 0.1) is 12.7 Å². The largest absolute Gasteiger partial charge is 0.350 e. The van der Waals surface area contributed by atoms with E-state index in [4.69, 9.17) is 0 Å². The van der Waals surface area contributed by atoms with Crippen molar-refractivity contribution in [2.75, 3.05) is 35.8 Å². The molecule has 1 aromatic carbocycles. The standard InChI is InChI=1S/C20H22FN7O/c1-13-18-19(26(2)12-17(29)27(18)3)25-20(24-13)22-8-15-9-23-28(11-15)10-14-4-6-16(21)7-5-14/h4-7,9,11H,8,10,12H2,1-3H3,(H,22,24,25). The van der Waals surface area contributed by atoms with Crippen LogP contribution < -0.4 is 15.1 Å². The van der Waals surface area contributed by atoms with Crippen LogP contribution in [0.15, 0.2) is 36.7 Å². The van der Waals surface area contributed by atoms with Crippen LogP contribution in [-0.4, -0.2) is 46.3 Å². The first-order chi connectivity index (χ1) is 13.9. The highest BCUT2D eigenvalue weighted by Crippen LogP contribution is 2.33. The van der Waals surface area contributed by atoms with E-state index in [0.717, 1.165) is 28.3 Å². The van der Waals surface area contributed by atoms with E-state index < -0.39 is 0 Å². The minimum absolute atomic E-state index is 0.0148. The molecular weight excluding hydrogens is 373 g/mol. The van der Waals surface area contributed by atoms with Crippen LogP contribution in [0.5, 0.6) is 0 Å². The van der Waals surface area contributed by atoms with Gasteiger partial charge in [0, 0.05) is 32.4 Å². The van der Waals surface area contributed by atoms with Gasteiger partial charge in [-0.2, -0.15) is 10.1 Å². The number of halogens is 1. The van der Waals surface area contributed by atoms with Crippen LogP contribution in [0.2, 0.25) is 0 Å². The Bertz CT molecular complexity index is 1050. The van der Waals surface area contributed by atoms with Gasteiger partial charge in [-0.05, 0) is 24.6 Å². The van der Waals surface area contributed by atoms with Gasteiger partial charge in [-0.25, -0.2) is 9.37 Å². The molecule has 0 bridgehead atoms. The second kappa shape index (κ2) is 7.50. The zero-order valence-electron chi connectivity index (χ0n) is 16.6. The number of aromatic nitrogens is 4. The monoisotopic (exact) mass is 395 g/mol. The number of nitrogens with zero attached hydrogens (tertiary/aromatic N) is 6. The molecule has 0 saturated heterocycles. The number of amides is 1. The lowest BCUT2D eigenvalue weighted by molar-refractivity contribution is -0.117. The molecule has 3 aromatic rings. The molecule has 0 spiro atoms. The molecule has 9 heteroatoms. The zero-order chi connectivity index (χ0) is 20.5. The highest BCUT2D eigenvalue weighted by atomic mass is 19.1. The van der Waals surface area contributed by atoms with Gasteiger partial charge in [0.1, 0.15) is 11.5 Å². The SMILES string of the molecule is Cc1nc(NCc2cnn(Cc3ccc(F)cc3)c2)nc2c1N(C)C(=O)CN2C. The second-order valence-corrected chi connectivity index (χ2v) is 7.14. The van der Waals surface area contributed by atoms with Gasteiger partial charge in [0.25, 0.3) is 0 Å². The number of carbonyl (C=O) groups excluding carboxylic acids is 1. The highest BCUT2D eigenvalue weighted by Gasteiger charge is 2.28. The van der Waals surface area contributed by atoms with Gasteiger partial charge in [-0.15, -0.1) is 0 Å². The summed E-state index contributed by atoms with van der Waals surface area (Å²) in [6.45, 7) is 3.24. The van der Waals surface area contributed by atoms with E-state index >= 15 is 0 Å². The maximum Gasteiger partial charge on any atom is 0.246 e. The predicted molar refractivity (Wildman–Crippen MR) is 109 cm³/mol. The average Bonchev–Trinajstić information content (AvgIpc) is 3.13. The van der Waals surface area contributed by atoms with Crippen molar-refractivity contribution in [3.8, 4) is 0 Å². The van der Waals surface area contributed by atoms with E-state index in [1.807, 2.05) is 25.1 Å². The Hall–Kier alpha value is -3.49. The fourth-order valence-electron chi connectivity index (χ4n) is 3.34. The van der Waals surface area contributed by atoms with E-state index in [1.54, 1.807) is 35.0 Å². The number of anilines is 3. The molecule has 3 heterocycles. The minimum Gasteiger partial charge on any atom is -0.350 e.